The van der Waals surface area contributed by atoms with Gasteiger partial charge in [-0.25, -0.2) is 8.42 Å². The predicted octanol–water partition coefficient (Wildman–Crippen LogP) is 1.15. The summed E-state index contributed by atoms with van der Waals surface area (Å²) in [6, 6.07) is 0. The van der Waals surface area contributed by atoms with Crippen molar-refractivity contribution in [3.8, 4) is 0 Å². The van der Waals surface area contributed by atoms with Crippen LogP contribution in [-0.4, -0.2) is 25.3 Å². The SMILES string of the molecule is CC1=C(N)C2(CCCCC2)N(C)S1(=O)=O. The second kappa shape index (κ2) is 3.22. The molecule has 2 rings (SSSR count). The molecule has 1 aliphatic carbocycles. The molecular formula is C10H18N2O2S. The summed E-state index contributed by atoms with van der Waals surface area (Å²) in [4.78, 5) is 0.354. The maximum Gasteiger partial charge on any atom is 0.241 e. The number of hydrogen-bond acceptors (Lipinski definition) is 3. The molecule has 0 aromatic carbocycles. The average molecular weight is 230 g/mol. The smallest absolute Gasteiger partial charge is 0.241 e. The summed E-state index contributed by atoms with van der Waals surface area (Å²) in [6.07, 6.45) is 5.04. The summed E-state index contributed by atoms with van der Waals surface area (Å²) in [6.45, 7) is 1.62. The van der Waals surface area contributed by atoms with Crippen LogP contribution in [0.4, 0.5) is 0 Å². The summed E-state index contributed by atoms with van der Waals surface area (Å²) in [5.41, 5.74) is 6.18. The first kappa shape index (κ1) is 11.0. The third kappa shape index (κ3) is 1.26. The molecule has 0 radical (unpaired) electrons. The number of hydrogen-bond donors (Lipinski definition) is 1. The van der Waals surface area contributed by atoms with Gasteiger partial charge in [-0.2, -0.15) is 4.31 Å². The fourth-order valence-corrected chi connectivity index (χ4v) is 4.41. The quantitative estimate of drug-likeness (QED) is 0.679. The van der Waals surface area contributed by atoms with Crippen molar-refractivity contribution < 1.29 is 8.42 Å². The monoisotopic (exact) mass is 230 g/mol. The van der Waals surface area contributed by atoms with Gasteiger partial charge in [0.25, 0.3) is 0 Å². The Morgan fingerprint density at radius 1 is 1.27 bits per heavy atom. The van der Waals surface area contributed by atoms with Crippen molar-refractivity contribution in [1.82, 2.24) is 4.31 Å². The van der Waals surface area contributed by atoms with Gasteiger partial charge in [0.1, 0.15) is 0 Å². The molecule has 86 valence electrons. The van der Waals surface area contributed by atoms with Crippen LogP contribution in [0.2, 0.25) is 0 Å². The van der Waals surface area contributed by atoms with Crippen molar-refractivity contribution >= 4 is 10.0 Å². The van der Waals surface area contributed by atoms with E-state index >= 15 is 0 Å². The van der Waals surface area contributed by atoms with Gasteiger partial charge in [-0.05, 0) is 19.8 Å². The topological polar surface area (TPSA) is 63.4 Å². The first-order chi connectivity index (χ1) is 6.93. The summed E-state index contributed by atoms with van der Waals surface area (Å²) >= 11 is 0. The minimum Gasteiger partial charge on any atom is -0.400 e. The van der Waals surface area contributed by atoms with Crippen molar-refractivity contribution in [1.29, 1.82) is 0 Å². The number of nitrogens with zero attached hydrogens (tertiary/aromatic N) is 1. The highest BCUT2D eigenvalue weighted by atomic mass is 32.2. The summed E-state index contributed by atoms with van der Waals surface area (Å²) < 4.78 is 25.4. The van der Waals surface area contributed by atoms with Gasteiger partial charge >= 0.3 is 0 Å². The van der Waals surface area contributed by atoms with Gasteiger partial charge in [0, 0.05) is 12.7 Å². The molecule has 0 aromatic rings. The highest BCUT2D eigenvalue weighted by Gasteiger charge is 2.51. The Hall–Kier alpha value is -0.550. The Labute approximate surface area is 91.2 Å². The first-order valence-electron chi connectivity index (χ1n) is 5.39. The minimum absolute atomic E-state index is 0.354. The van der Waals surface area contributed by atoms with Crippen LogP contribution in [-0.2, 0) is 10.0 Å². The number of nitrogens with two attached hydrogens (primary N) is 1. The van der Waals surface area contributed by atoms with E-state index < -0.39 is 15.6 Å². The number of rotatable bonds is 0. The van der Waals surface area contributed by atoms with Gasteiger partial charge in [-0.1, -0.05) is 19.3 Å². The van der Waals surface area contributed by atoms with Crippen LogP contribution in [0.5, 0.6) is 0 Å². The molecule has 1 spiro atoms. The second-order valence-corrected chi connectivity index (χ2v) is 6.64. The third-order valence-electron chi connectivity index (χ3n) is 3.91. The van der Waals surface area contributed by atoms with Crippen LogP contribution in [0.15, 0.2) is 10.6 Å². The van der Waals surface area contributed by atoms with E-state index in [1.165, 1.54) is 10.7 Å². The summed E-state index contributed by atoms with van der Waals surface area (Å²) in [5.74, 6) is 0. The molecule has 5 heteroatoms. The fraction of sp³-hybridized carbons (Fsp3) is 0.800. The van der Waals surface area contributed by atoms with Gasteiger partial charge in [0.15, 0.2) is 0 Å². The van der Waals surface area contributed by atoms with Gasteiger partial charge < -0.3 is 5.73 Å². The van der Waals surface area contributed by atoms with Crippen molar-refractivity contribution in [2.24, 2.45) is 5.73 Å². The van der Waals surface area contributed by atoms with E-state index in [1.807, 2.05) is 0 Å². The highest BCUT2D eigenvalue weighted by molar-refractivity contribution is 7.93. The Balaban J connectivity index is 2.52. The van der Waals surface area contributed by atoms with Crippen molar-refractivity contribution in [3.63, 3.8) is 0 Å². The molecule has 0 atom stereocenters. The van der Waals surface area contributed by atoms with Gasteiger partial charge in [-0.15, -0.1) is 0 Å². The lowest BCUT2D eigenvalue weighted by molar-refractivity contribution is 0.198. The molecular weight excluding hydrogens is 212 g/mol. The largest absolute Gasteiger partial charge is 0.400 e. The van der Waals surface area contributed by atoms with Crippen LogP contribution >= 0.6 is 0 Å². The normalized spacial score (nSPS) is 30.0. The van der Waals surface area contributed by atoms with E-state index in [0.29, 0.717) is 10.6 Å². The first-order valence-corrected chi connectivity index (χ1v) is 6.83. The Kier molecular flexibility index (Phi) is 2.35. The maximum atomic E-state index is 12.0. The van der Waals surface area contributed by atoms with Gasteiger partial charge in [0.05, 0.1) is 10.4 Å². The molecule has 1 saturated carbocycles. The molecule has 0 bridgehead atoms. The Bertz CT molecular complexity index is 405. The van der Waals surface area contributed by atoms with Crippen LogP contribution in [0, 0.1) is 0 Å². The zero-order valence-corrected chi connectivity index (χ0v) is 10.1. The molecule has 0 unspecified atom stereocenters. The number of sulfonamides is 1. The molecule has 2 N–H and O–H groups in total. The molecule has 1 heterocycles. The average Bonchev–Trinajstić information content (AvgIpc) is 2.35. The lowest BCUT2D eigenvalue weighted by atomic mass is 9.79. The number of allylic oxidation sites excluding steroid dienone is 1. The van der Waals surface area contributed by atoms with Crippen molar-refractivity contribution in [3.05, 3.63) is 10.6 Å². The van der Waals surface area contributed by atoms with Crippen LogP contribution in [0.3, 0.4) is 0 Å². The molecule has 4 nitrogen and oxygen atoms in total. The third-order valence-corrected chi connectivity index (χ3v) is 5.98. The molecule has 0 amide bonds. The van der Waals surface area contributed by atoms with Crippen molar-refractivity contribution in [2.75, 3.05) is 7.05 Å². The summed E-state index contributed by atoms with van der Waals surface area (Å²) in [5, 5.41) is 0. The standard InChI is InChI=1S/C10H18N2O2S/c1-8-9(11)10(6-4-3-5-7-10)12(2)15(8,13)14/h3-7,11H2,1-2H3. The van der Waals surface area contributed by atoms with E-state index in [9.17, 15) is 8.42 Å². The van der Waals surface area contributed by atoms with E-state index in [1.54, 1.807) is 14.0 Å². The van der Waals surface area contributed by atoms with Crippen LogP contribution in [0.1, 0.15) is 39.0 Å². The van der Waals surface area contributed by atoms with E-state index in [-0.39, 0.29) is 0 Å². The lowest BCUT2D eigenvalue weighted by Crippen LogP contribution is -2.48. The highest BCUT2D eigenvalue weighted by Crippen LogP contribution is 2.45. The number of likely N-dealkylation sites (N-methyl/N-ethyl adjacent to an activating group) is 1. The van der Waals surface area contributed by atoms with Gasteiger partial charge in [0.2, 0.25) is 10.0 Å². The minimum atomic E-state index is -3.27. The van der Waals surface area contributed by atoms with E-state index in [0.717, 1.165) is 25.7 Å². The zero-order valence-electron chi connectivity index (χ0n) is 9.28. The molecule has 1 fully saturated rings. The van der Waals surface area contributed by atoms with Gasteiger partial charge in [-0.3, -0.25) is 0 Å². The molecule has 15 heavy (non-hydrogen) atoms. The molecule has 2 aliphatic rings. The zero-order chi connectivity index (χ0) is 11.3. The van der Waals surface area contributed by atoms with E-state index in [2.05, 4.69) is 0 Å². The second-order valence-electron chi connectivity index (χ2n) is 4.53. The lowest BCUT2D eigenvalue weighted by Gasteiger charge is -2.39. The molecule has 0 aromatic heterocycles. The molecule has 0 saturated heterocycles. The van der Waals surface area contributed by atoms with Crippen LogP contribution < -0.4 is 5.73 Å². The predicted molar refractivity (Wildman–Crippen MR) is 59.4 cm³/mol. The summed E-state index contributed by atoms with van der Waals surface area (Å²) in [7, 11) is -1.62. The Morgan fingerprint density at radius 3 is 2.20 bits per heavy atom. The fourth-order valence-electron chi connectivity index (χ4n) is 2.79. The van der Waals surface area contributed by atoms with E-state index in [4.69, 9.17) is 5.73 Å². The Morgan fingerprint density at radius 2 is 1.80 bits per heavy atom. The van der Waals surface area contributed by atoms with Crippen LogP contribution in [0.25, 0.3) is 0 Å². The maximum absolute atomic E-state index is 12.0. The van der Waals surface area contributed by atoms with Crippen molar-refractivity contribution in [2.45, 2.75) is 44.6 Å². The molecule has 1 aliphatic heterocycles.